The van der Waals surface area contributed by atoms with Crippen LogP contribution in [0.15, 0.2) is 23.2 Å². The number of hydrogen-bond donors (Lipinski definition) is 3. The third kappa shape index (κ3) is 6.49. The highest BCUT2D eigenvalue weighted by Gasteiger charge is 2.14. The van der Waals surface area contributed by atoms with Crippen molar-refractivity contribution in [3.8, 4) is 0 Å². The van der Waals surface area contributed by atoms with Crippen molar-refractivity contribution in [1.29, 1.82) is 0 Å². The van der Waals surface area contributed by atoms with Crippen LogP contribution in [-0.4, -0.2) is 40.8 Å². The first-order valence-electron chi connectivity index (χ1n) is 10.3. The van der Waals surface area contributed by atoms with E-state index >= 15 is 0 Å². The van der Waals surface area contributed by atoms with Gasteiger partial charge in [-0.1, -0.05) is 17.7 Å². The summed E-state index contributed by atoms with van der Waals surface area (Å²) in [4.78, 5) is 16.8. The van der Waals surface area contributed by atoms with E-state index in [1.807, 2.05) is 44.6 Å². The number of rotatable bonds is 8. The first-order chi connectivity index (χ1) is 14.2. The number of anilines is 1. The molecule has 0 saturated carbocycles. The molecule has 2 rings (SSSR count). The molecule has 1 atom stereocenters. The van der Waals surface area contributed by atoms with Gasteiger partial charge < -0.3 is 16.0 Å². The number of carbonyl (C=O) groups is 1. The number of nitrogens with zero attached hydrogens (tertiary/aromatic N) is 3. The fourth-order valence-electron chi connectivity index (χ4n) is 3.25. The Morgan fingerprint density at radius 1 is 1.30 bits per heavy atom. The number of halogens is 1. The molecule has 1 aromatic carbocycles. The lowest BCUT2D eigenvalue weighted by Crippen LogP contribution is -2.43. The summed E-state index contributed by atoms with van der Waals surface area (Å²) in [5.74, 6) is 0.616. The summed E-state index contributed by atoms with van der Waals surface area (Å²) in [5.41, 5.74) is 5.08. The van der Waals surface area contributed by atoms with Crippen LogP contribution in [0.2, 0.25) is 5.02 Å². The molecular weight excluding hydrogens is 400 g/mol. The molecule has 1 aromatic heterocycles. The van der Waals surface area contributed by atoms with Crippen LogP contribution in [0.4, 0.5) is 5.69 Å². The molecular formula is C22H33ClN6O. The van der Waals surface area contributed by atoms with Crippen molar-refractivity contribution < 1.29 is 4.79 Å². The molecule has 1 amide bonds. The van der Waals surface area contributed by atoms with Crippen molar-refractivity contribution >= 4 is 29.2 Å². The Bertz CT molecular complexity index is 905. The third-order valence-electron chi connectivity index (χ3n) is 5.05. The van der Waals surface area contributed by atoms with Crippen molar-refractivity contribution in [1.82, 2.24) is 20.4 Å². The molecule has 0 bridgehead atoms. The minimum atomic E-state index is -0.0883. The van der Waals surface area contributed by atoms with Crippen LogP contribution in [0.25, 0.3) is 0 Å². The Labute approximate surface area is 184 Å². The molecule has 1 unspecified atom stereocenters. The minimum absolute atomic E-state index is 0.0883. The van der Waals surface area contributed by atoms with Crippen molar-refractivity contribution in [3.05, 3.63) is 45.7 Å². The van der Waals surface area contributed by atoms with Gasteiger partial charge in [0.05, 0.1) is 12.2 Å². The normalized spacial score (nSPS) is 12.6. The van der Waals surface area contributed by atoms with Gasteiger partial charge in [-0.3, -0.25) is 14.5 Å². The second-order valence-corrected chi connectivity index (χ2v) is 7.90. The highest BCUT2D eigenvalue weighted by molar-refractivity contribution is 6.31. The Hall–Kier alpha value is -2.54. The average Bonchev–Trinajstić information content (AvgIpc) is 2.91. The van der Waals surface area contributed by atoms with E-state index in [1.54, 1.807) is 6.07 Å². The average molecular weight is 433 g/mol. The maximum absolute atomic E-state index is 12.3. The fraction of sp³-hybridized carbons (Fsp3) is 0.500. The minimum Gasteiger partial charge on any atom is -0.357 e. The molecule has 164 valence electrons. The van der Waals surface area contributed by atoms with Gasteiger partial charge in [-0.15, -0.1) is 0 Å². The van der Waals surface area contributed by atoms with Crippen LogP contribution >= 0.6 is 11.6 Å². The van der Waals surface area contributed by atoms with E-state index in [-0.39, 0.29) is 18.4 Å². The highest BCUT2D eigenvalue weighted by Crippen LogP contribution is 2.23. The summed E-state index contributed by atoms with van der Waals surface area (Å²) in [6, 6.07) is 5.65. The summed E-state index contributed by atoms with van der Waals surface area (Å²) < 4.78 is 1.91. The van der Waals surface area contributed by atoms with Gasteiger partial charge >= 0.3 is 0 Å². The lowest BCUT2D eigenvalue weighted by molar-refractivity contribution is -0.116. The smallest absolute Gasteiger partial charge is 0.226 e. The number of carbonyl (C=O) groups excluding carboxylic acids is 1. The molecule has 7 nitrogen and oxygen atoms in total. The molecule has 0 aliphatic carbocycles. The second kappa shape index (κ2) is 11.0. The van der Waals surface area contributed by atoms with E-state index in [0.717, 1.165) is 29.9 Å². The largest absolute Gasteiger partial charge is 0.357 e. The molecule has 0 saturated heterocycles. The standard InChI is InChI=1S/C22H33ClN6O/c1-7-24-22(26-14(2)13-18-16(4)28-29(6)17(18)5)25-12-11-21(30)27-20-10-8-9-19(23)15(20)3/h8-10,14H,7,11-13H2,1-6H3,(H,27,30)(H2,24,25,26). The van der Waals surface area contributed by atoms with Crippen LogP contribution in [0.5, 0.6) is 0 Å². The van der Waals surface area contributed by atoms with E-state index in [2.05, 4.69) is 39.9 Å². The molecule has 8 heteroatoms. The summed E-state index contributed by atoms with van der Waals surface area (Å²) >= 11 is 6.11. The van der Waals surface area contributed by atoms with E-state index < -0.39 is 0 Å². The molecule has 2 aromatic rings. The lowest BCUT2D eigenvalue weighted by atomic mass is 10.1. The summed E-state index contributed by atoms with van der Waals surface area (Å²) in [6.07, 6.45) is 1.14. The number of aromatic nitrogens is 2. The highest BCUT2D eigenvalue weighted by atomic mass is 35.5. The van der Waals surface area contributed by atoms with Gasteiger partial charge in [-0.25, -0.2) is 0 Å². The summed E-state index contributed by atoms with van der Waals surface area (Å²) in [5, 5.41) is 14.7. The Morgan fingerprint density at radius 3 is 2.67 bits per heavy atom. The first-order valence-corrected chi connectivity index (χ1v) is 10.7. The van der Waals surface area contributed by atoms with Crippen molar-refractivity contribution in [2.24, 2.45) is 12.0 Å². The SMILES string of the molecule is CCNC(=NCCC(=O)Nc1cccc(Cl)c1C)NC(C)Cc1c(C)nn(C)c1C. The first kappa shape index (κ1) is 23.7. The van der Waals surface area contributed by atoms with Gasteiger partial charge in [0.2, 0.25) is 5.91 Å². The number of nitrogens with one attached hydrogen (secondary N) is 3. The Kier molecular flexibility index (Phi) is 8.72. The zero-order valence-electron chi connectivity index (χ0n) is 18.8. The maximum Gasteiger partial charge on any atom is 0.226 e. The van der Waals surface area contributed by atoms with Gasteiger partial charge in [0.15, 0.2) is 5.96 Å². The van der Waals surface area contributed by atoms with Crippen LogP contribution in [-0.2, 0) is 18.3 Å². The van der Waals surface area contributed by atoms with Gasteiger partial charge in [0, 0.05) is 42.5 Å². The fourth-order valence-corrected chi connectivity index (χ4v) is 3.42. The molecule has 0 aliphatic rings. The Balaban J connectivity index is 1.91. The molecule has 1 heterocycles. The molecule has 0 aliphatic heterocycles. The zero-order chi connectivity index (χ0) is 22.3. The molecule has 30 heavy (non-hydrogen) atoms. The zero-order valence-corrected chi connectivity index (χ0v) is 19.5. The summed E-state index contributed by atoms with van der Waals surface area (Å²) in [7, 11) is 1.96. The number of aliphatic imine (C=N–C) groups is 1. The number of amides is 1. The number of benzene rings is 1. The van der Waals surface area contributed by atoms with Gasteiger partial charge in [-0.05, 0) is 64.3 Å². The van der Waals surface area contributed by atoms with Crippen molar-refractivity contribution in [2.45, 2.75) is 53.5 Å². The monoisotopic (exact) mass is 432 g/mol. The van der Waals surface area contributed by atoms with Crippen LogP contribution in [0.1, 0.15) is 42.8 Å². The van der Waals surface area contributed by atoms with Crippen LogP contribution < -0.4 is 16.0 Å². The van der Waals surface area contributed by atoms with Crippen molar-refractivity contribution in [3.63, 3.8) is 0 Å². The van der Waals surface area contributed by atoms with E-state index in [0.29, 0.717) is 17.5 Å². The van der Waals surface area contributed by atoms with E-state index in [1.165, 1.54) is 11.3 Å². The Morgan fingerprint density at radius 2 is 2.03 bits per heavy atom. The lowest BCUT2D eigenvalue weighted by Gasteiger charge is -2.18. The molecule has 0 fully saturated rings. The van der Waals surface area contributed by atoms with Gasteiger partial charge in [0.25, 0.3) is 0 Å². The van der Waals surface area contributed by atoms with E-state index in [4.69, 9.17) is 11.6 Å². The quantitative estimate of drug-likeness (QED) is 0.440. The molecule has 3 N–H and O–H groups in total. The van der Waals surface area contributed by atoms with Crippen molar-refractivity contribution in [2.75, 3.05) is 18.4 Å². The van der Waals surface area contributed by atoms with E-state index in [9.17, 15) is 4.79 Å². The van der Waals surface area contributed by atoms with Gasteiger partial charge in [-0.2, -0.15) is 5.10 Å². The molecule has 0 spiro atoms. The summed E-state index contributed by atoms with van der Waals surface area (Å²) in [6.45, 7) is 11.3. The predicted molar refractivity (Wildman–Crippen MR) is 124 cm³/mol. The molecule has 0 radical (unpaired) electrons. The van der Waals surface area contributed by atoms with Gasteiger partial charge in [0.1, 0.15) is 0 Å². The topological polar surface area (TPSA) is 83.3 Å². The maximum atomic E-state index is 12.3. The third-order valence-corrected chi connectivity index (χ3v) is 5.46. The number of aryl methyl sites for hydroxylation is 2. The van der Waals surface area contributed by atoms with Crippen LogP contribution in [0.3, 0.4) is 0 Å². The number of guanidine groups is 1. The number of hydrogen-bond acceptors (Lipinski definition) is 3. The van der Waals surface area contributed by atoms with Crippen LogP contribution in [0, 0.1) is 20.8 Å². The second-order valence-electron chi connectivity index (χ2n) is 7.49. The predicted octanol–water partition coefficient (Wildman–Crippen LogP) is 3.51.